The molecule has 0 saturated heterocycles. The maximum Gasteiger partial charge on any atom is 0.292 e. The van der Waals surface area contributed by atoms with E-state index in [1.807, 2.05) is 24.3 Å². The van der Waals surface area contributed by atoms with Gasteiger partial charge >= 0.3 is 0 Å². The molecule has 0 saturated carbocycles. The normalized spacial score (nSPS) is 16.4. The molecule has 2 N–H and O–H groups in total. The van der Waals surface area contributed by atoms with E-state index in [0.717, 1.165) is 11.1 Å². The van der Waals surface area contributed by atoms with Crippen LogP contribution < -0.4 is 0 Å². The molecule has 170 valence electrons. The van der Waals surface area contributed by atoms with Crippen LogP contribution in [-0.4, -0.2) is 47.6 Å². The third kappa shape index (κ3) is 3.63. The van der Waals surface area contributed by atoms with Gasteiger partial charge in [0.1, 0.15) is 11.6 Å². The lowest BCUT2D eigenvalue weighted by Crippen LogP contribution is -2.41. The molecule has 5 rings (SSSR count). The summed E-state index contributed by atoms with van der Waals surface area (Å²) in [6, 6.07) is 8.42. The van der Waals surface area contributed by atoms with E-state index in [1.165, 1.54) is 25.1 Å². The number of alkyl halides is 2. The van der Waals surface area contributed by atoms with E-state index in [1.54, 1.807) is 6.07 Å². The number of nitrogens with one attached hydrogen (secondary N) is 1. The first-order valence-electron chi connectivity index (χ1n) is 10.3. The molecule has 3 aromatic heterocycles. The number of nitrogens with zero attached hydrogens (tertiary/aromatic N) is 5. The highest BCUT2D eigenvalue weighted by molar-refractivity contribution is 5.93. The molecule has 1 amide bonds. The van der Waals surface area contributed by atoms with Crippen LogP contribution in [0.4, 0.5) is 8.78 Å². The number of rotatable bonds is 4. The first-order chi connectivity index (χ1) is 15.7. The van der Waals surface area contributed by atoms with E-state index in [0.29, 0.717) is 23.3 Å². The molecule has 0 fully saturated rings. The van der Waals surface area contributed by atoms with Crippen molar-refractivity contribution >= 4 is 16.8 Å². The Kier molecular flexibility index (Phi) is 4.93. The van der Waals surface area contributed by atoms with Crippen LogP contribution in [0, 0.1) is 0 Å². The minimum absolute atomic E-state index is 0.203. The van der Waals surface area contributed by atoms with Crippen LogP contribution in [0.1, 0.15) is 65.5 Å². The third-order valence-electron chi connectivity index (χ3n) is 5.56. The summed E-state index contributed by atoms with van der Waals surface area (Å²) in [5.74, 6) is -1.76. The number of oxazole rings is 1. The Balaban J connectivity index is 1.62. The second-order valence-corrected chi connectivity index (χ2v) is 8.34. The van der Waals surface area contributed by atoms with E-state index in [9.17, 15) is 18.7 Å². The number of amides is 1. The van der Waals surface area contributed by atoms with Crippen LogP contribution >= 0.6 is 0 Å². The number of aromatic nitrogens is 5. The number of fused-ring (bicyclic) bond motifs is 2. The summed E-state index contributed by atoms with van der Waals surface area (Å²) in [5.41, 5.74) is 0.0529. The predicted octanol–water partition coefficient (Wildman–Crippen LogP) is 3.29. The minimum atomic E-state index is -3.06. The monoisotopic (exact) mass is 454 g/mol. The SMILES string of the molecule is CC(C)(O)c1nc(C(F)F)c(C(=O)N2CCc3[nH]cnc3[C@H]2c2cc3ccccc3nn2)o1. The van der Waals surface area contributed by atoms with Crippen LogP contribution in [0.15, 0.2) is 41.1 Å². The molecule has 1 aliphatic rings. The molecular formula is C22H20F2N6O3. The van der Waals surface area contributed by atoms with Gasteiger partial charge in [-0.15, -0.1) is 0 Å². The lowest BCUT2D eigenvalue weighted by molar-refractivity contribution is 0.0440. The maximum absolute atomic E-state index is 13.7. The molecule has 1 aliphatic heterocycles. The van der Waals surface area contributed by atoms with Crippen LogP contribution in [0.3, 0.4) is 0 Å². The Bertz CT molecular complexity index is 1340. The zero-order valence-corrected chi connectivity index (χ0v) is 17.8. The Morgan fingerprint density at radius 1 is 1.30 bits per heavy atom. The number of aliphatic hydroxyl groups is 1. The van der Waals surface area contributed by atoms with E-state index < -0.39 is 35.4 Å². The smallest absolute Gasteiger partial charge is 0.292 e. The van der Waals surface area contributed by atoms with Crippen LogP contribution in [0.2, 0.25) is 0 Å². The number of imidazole rings is 1. The number of hydrogen-bond donors (Lipinski definition) is 2. The lowest BCUT2D eigenvalue weighted by atomic mass is 9.98. The molecule has 1 atom stereocenters. The molecule has 1 aromatic carbocycles. The van der Waals surface area contributed by atoms with Gasteiger partial charge in [0.15, 0.2) is 5.69 Å². The summed E-state index contributed by atoms with van der Waals surface area (Å²) in [4.78, 5) is 26.1. The molecular weight excluding hydrogens is 434 g/mol. The van der Waals surface area contributed by atoms with Gasteiger partial charge in [0, 0.05) is 24.0 Å². The largest absolute Gasteiger partial charge is 0.432 e. The van der Waals surface area contributed by atoms with Gasteiger partial charge in [-0.25, -0.2) is 18.7 Å². The van der Waals surface area contributed by atoms with E-state index in [2.05, 4.69) is 25.1 Å². The topological polar surface area (TPSA) is 121 Å². The van der Waals surface area contributed by atoms with Crippen LogP contribution in [0.25, 0.3) is 10.9 Å². The van der Waals surface area contributed by atoms with Gasteiger partial charge in [-0.05, 0) is 26.0 Å². The summed E-state index contributed by atoms with van der Waals surface area (Å²) >= 11 is 0. The summed E-state index contributed by atoms with van der Waals surface area (Å²) in [6.07, 6.45) is -1.10. The highest BCUT2D eigenvalue weighted by Crippen LogP contribution is 2.36. The zero-order valence-electron chi connectivity index (χ0n) is 17.8. The number of halogens is 2. The molecule has 4 heterocycles. The second-order valence-electron chi connectivity index (χ2n) is 8.34. The Labute approximate surface area is 186 Å². The molecule has 33 heavy (non-hydrogen) atoms. The van der Waals surface area contributed by atoms with Crippen molar-refractivity contribution in [2.45, 2.75) is 38.3 Å². The Hall–Kier alpha value is -3.73. The quantitative estimate of drug-likeness (QED) is 0.485. The molecule has 9 nitrogen and oxygen atoms in total. The van der Waals surface area contributed by atoms with Crippen molar-refractivity contribution in [1.82, 2.24) is 30.0 Å². The standard InChI is InChI=1S/C22H20F2N6O3/c1-22(2,32)21-27-16(19(23)24)18(33-21)20(31)30-8-7-13-15(26-10-25-13)17(30)14-9-11-5-3-4-6-12(11)28-29-14/h3-6,9-10,17,19,32H,7-8H2,1-2H3,(H,25,26)/t17-/m1/s1. The van der Waals surface area contributed by atoms with Gasteiger partial charge in [-0.2, -0.15) is 10.2 Å². The molecule has 0 spiro atoms. The van der Waals surface area contributed by atoms with Crippen molar-refractivity contribution in [1.29, 1.82) is 0 Å². The molecule has 0 bridgehead atoms. The summed E-state index contributed by atoms with van der Waals surface area (Å²) < 4.78 is 32.8. The highest BCUT2D eigenvalue weighted by atomic mass is 19.3. The first-order valence-corrected chi connectivity index (χ1v) is 10.3. The zero-order chi connectivity index (χ0) is 23.3. The van der Waals surface area contributed by atoms with Crippen molar-refractivity contribution < 1.29 is 23.1 Å². The van der Waals surface area contributed by atoms with Crippen molar-refractivity contribution in [2.24, 2.45) is 0 Å². The number of hydrogen-bond acceptors (Lipinski definition) is 7. The number of H-pyrrole nitrogens is 1. The summed E-state index contributed by atoms with van der Waals surface area (Å²) in [6.45, 7) is 2.88. The van der Waals surface area contributed by atoms with Crippen molar-refractivity contribution in [2.75, 3.05) is 6.54 Å². The van der Waals surface area contributed by atoms with Crippen molar-refractivity contribution in [3.8, 4) is 0 Å². The highest BCUT2D eigenvalue weighted by Gasteiger charge is 2.40. The third-order valence-corrected chi connectivity index (χ3v) is 5.56. The molecule has 0 radical (unpaired) electrons. The fourth-order valence-electron chi connectivity index (χ4n) is 3.95. The molecule has 0 unspecified atom stereocenters. The number of aromatic amines is 1. The van der Waals surface area contributed by atoms with Crippen molar-refractivity contribution in [3.63, 3.8) is 0 Å². The molecule has 0 aliphatic carbocycles. The number of benzene rings is 1. The van der Waals surface area contributed by atoms with Gasteiger partial charge in [-0.1, -0.05) is 18.2 Å². The fraction of sp³-hybridized carbons (Fsp3) is 0.318. The van der Waals surface area contributed by atoms with Gasteiger partial charge in [-0.3, -0.25) is 4.79 Å². The number of carbonyl (C=O) groups excluding carboxylic acids is 1. The average Bonchev–Trinajstić information content (AvgIpc) is 3.45. The van der Waals surface area contributed by atoms with Crippen LogP contribution in [-0.2, 0) is 12.0 Å². The minimum Gasteiger partial charge on any atom is -0.432 e. The van der Waals surface area contributed by atoms with Gasteiger partial charge in [0.2, 0.25) is 11.7 Å². The van der Waals surface area contributed by atoms with Crippen LogP contribution in [0.5, 0.6) is 0 Å². The summed E-state index contributed by atoms with van der Waals surface area (Å²) in [5, 5.41) is 19.5. The van der Waals surface area contributed by atoms with E-state index in [4.69, 9.17) is 4.42 Å². The van der Waals surface area contributed by atoms with Gasteiger partial charge < -0.3 is 19.4 Å². The fourth-order valence-corrected chi connectivity index (χ4v) is 3.95. The molecule has 11 heteroatoms. The second kappa shape index (κ2) is 7.69. The molecule has 4 aromatic rings. The van der Waals surface area contributed by atoms with Crippen molar-refractivity contribution in [3.05, 3.63) is 71.1 Å². The average molecular weight is 454 g/mol. The summed E-state index contributed by atoms with van der Waals surface area (Å²) in [7, 11) is 0. The first kappa shape index (κ1) is 21.1. The predicted molar refractivity (Wildman–Crippen MR) is 111 cm³/mol. The lowest BCUT2D eigenvalue weighted by Gasteiger charge is -2.34. The van der Waals surface area contributed by atoms with E-state index >= 15 is 0 Å². The van der Waals surface area contributed by atoms with E-state index in [-0.39, 0.29) is 12.4 Å². The maximum atomic E-state index is 13.7. The van der Waals surface area contributed by atoms with Gasteiger partial charge in [0.05, 0.1) is 23.2 Å². The Morgan fingerprint density at radius 2 is 2.09 bits per heavy atom. The van der Waals surface area contributed by atoms with Gasteiger partial charge in [0.25, 0.3) is 12.3 Å². The Morgan fingerprint density at radius 3 is 2.85 bits per heavy atom. The number of carbonyl (C=O) groups is 1.